The molecule has 0 aromatic carbocycles. The zero-order valence-corrected chi connectivity index (χ0v) is 12.7. The van der Waals surface area contributed by atoms with Crippen molar-refractivity contribution in [1.82, 2.24) is 0 Å². The Hall–Kier alpha value is -2.45. The number of carbonyl (C=O) groups excluding carboxylic acids is 5. The first-order chi connectivity index (χ1) is 10.2. The van der Waals surface area contributed by atoms with Crippen LogP contribution in [0.2, 0.25) is 0 Å². The maximum Gasteiger partial charge on any atom is 0.303 e. The van der Waals surface area contributed by atoms with E-state index in [1.807, 2.05) is 0 Å². The summed E-state index contributed by atoms with van der Waals surface area (Å²) in [6.45, 7) is 3.83. The standard InChI is InChI=1S/C13H18O9/c1-7(15)19-6-12(21-9(3)17)13(22-10(4)18)11(5-14)20-8(2)16/h5,11-13H,6H2,1-4H3/t11-,12+,13-/m1/s1. The van der Waals surface area contributed by atoms with Crippen LogP contribution >= 0.6 is 0 Å². The van der Waals surface area contributed by atoms with Gasteiger partial charge in [0.15, 0.2) is 24.6 Å². The van der Waals surface area contributed by atoms with Gasteiger partial charge in [0, 0.05) is 27.7 Å². The van der Waals surface area contributed by atoms with E-state index in [9.17, 15) is 24.0 Å². The molecule has 3 atom stereocenters. The van der Waals surface area contributed by atoms with Crippen molar-refractivity contribution in [2.75, 3.05) is 6.61 Å². The minimum atomic E-state index is -1.51. The molecule has 0 radical (unpaired) electrons. The van der Waals surface area contributed by atoms with Crippen molar-refractivity contribution in [3.8, 4) is 0 Å². The van der Waals surface area contributed by atoms with Crippen LogP contribution in [-0.4, -0.2) is 55.1 Å². The smallest absolute Gasteiger partial charge is 0.303 e. The minimum Gasteiger partial charge on any atom is -0.462 e. The Morgan fingerprint density at radius 1 is 0.818 bits per heavy atom. The van der Waals surface area contributed by atoms with Gasteiger partial charge in [0.2, 0.25) is 0 Å². The second-order valence-electron chi connectivity index (χ2n) is 4.23. The number of ether oxygens (including phenoxy) is 4. The molecule has 9 heteroatoms. The molecule has 0 heterocycles. The molecule has 0 amide bonds. The fraction of sp³-hybridized carbons (Fsp3) is 0.615. The van der Waals surface area contributed by atoms with E-state index in [0.29, 0.717) is 0 Å². The van der Waals surface area contributed by atoms with Crippen molar-refractivity contribution in [3.05, 3.63) is 0 Å². The van der Waals surface area contributed by atoms with E-state index < -0.39 is 48.8 Å². The quantitative estimate of drug-likeness (QED) is 0.332. The lowest BCUT2D eigenvalue weighted by Crippen LogP contribution is -2.48. The SMILES string of the molecule is CC(=O)OC[C@H](OC(C)=O)[C@H](OC(C)=O)[C@@H](C=O)OC(C)=O. The molecule has 0 saturated heterocycles. The lowest BCUT2D eigenvalue weighted by atomic mass is 10.1. The number of hydrogen-bond donors (Lipinski definition) is 0. The summed E-state index contributed by atoms with van der Waals surface area (Å²) in [5.74, 6) is -3.04. The van der Waals surface area contributed by atoms with Gasteiger partial charge >= 0.3 is 23.9 Å². The van der Waals surface area contributed by atoms with Crippen molar-refractivity contribution in [3.63, 3.8) is 0 Å². The molecule has 0 aliphatic rings. The van der Waals surface area contributed by atoms with Gasteiger partial charge in [0.1, 0.15) is 6.61 Å². The highest BCUT2D eigenvalue weighted by Crippen LogP contribution is 2.13. The monoisotopic (exact) mass is 318 g/mol. The second kappa shape index (κ2) is 9.48. The molecule has 0 rings (SSSR count). The van der Waals surface area contributed by atoms with Gasteiger partial charge in [-0.1, -0.05) is 0 Å². The molecule has 0 aromatic heterocycles. The molecule has 0 fully saturated rings. The third-order valence-corrected chi connectivity index (χ3v) is 2.20. The molecule has 0 aliphatic heterocycles. The van der Waals surface area contributed by atoms with Gasteiger partial charge in [-0.2, -0.15) is 0 Å². The zero-order valence-electron chi connectivity index (χ0n) is 12.7. The maximum atomic E-state index is 11.2. The molecule has 9 nitrogen and oxygen atoms in total. The Bertz CT molecular complexity index is 443. The Morgan fingerprint density at radius 3 is 1.68 bits per heavy atom. The third kappa shape index (κ3) is 7.98. The van der Waals surface area contributed by atoms with E-state index in [1.165, 1.54) is 0 Å². The largest absolute Gasteiger partial charge is 0.462 e. The molecule has 0 aromatic rings. The number of hydrogen-bond acceptors (Lipinski definition) is 9. The fourth-order valence-electron chi connectivity index (χ4n) is 1.52. The summed E-state index contributed by atoms with van der Waals surface area (Å²) < 4.78 is 19.2. The van der Waals surface area contributed by atoms with Crippen LogP contribution in [0.3, 0.4) is 0 Å². The molecule has 124 valence electrons. The van der Waals surface area contributed by atoms with Crippen molar-refractivity contribution in [2.45, 2.75) is 46.0 Å². The number of rotatable bonds is 8. The maximum absolute atomic E-state index is 11.2. The minimum absolute atomic E-state index is 0.221. The highest BCUT2D eigenvalue weighted by molar-refractivity contribution is 5.72. The molecular formula is C13H18O9. The van der Waals surface area contributed by atoms with Gasteiger partial charge in [-0.25, -0.2) is 0 Å². The summed E-state index contributed by atoms with van der Waals surface area (Å²) >= 11 is 0. The Morgan fingerprint density at radius 2 is 1.32 bits per heavy atom. The summed E-state index contributed by atoms with van der Waals surface area (Å²) in [7, 11) is 0. The summed E-state index contributed by atoms with van der Waals surface area (Å²) in [6, 6.07) is 0. The van der Waals surface area contributed by atoms with Crippen LogP contribution in [0.5, 0.6) is 0 Å². The fourth-order valence-corrected chi connectivity index (χ4v) is 1.52. The summed E-state index contributed by atoms with van der Waals surface area (Å²) in [5.41, 5.74) is 0. The highest BCUT2D eigenvalue weighted by atomic mass is 16.6. The second-order valence-corrected chi connectivity index (χ2v) is 4.23. The van der Waals surface area contributed by atoms with Gasteiger partial charge in [0.25, 0.3) is 0 Å². The van der Waals surface area contributed by atoms with Gasteiger partial charge in [-0.3, -0.25) is 24.0 Å². The molecule has 0 saturated carbocycles. The van der Waals surface area contributed by atoms with Gasteiger partial charge < -0.3 is 18.9 Å². The lowest BCUT2D eigenvalue weighted by molar-refractivity contribution is -0.188. The summed E-state index contributed by atoms with van der Waals surface area (Å²) in [6.07, 6.45) is -4.04. The molecule has 22 heavy (non-hydrogen) atoms. The van der Waals surface area contributed by atoms with Crippen molar-refractivity contribution in [1.29, 1.82) is 0 Å². The lowest BCUT2D eigenvalue weighted by Gasteiger charge is -2.28. The van der Waals surface area contributed by atoms with Crippen LogP contribution in [-0.2, 0) is 42.9 Å². The van der Waals surface area contributed by atoms with Crippen LogP contribution in [0, 0.1) is 0 Å². The van der Waals surface area contributed by atoms with Crippen LogP contribution in [0.1, 0.15) is 27.7 Å². The number of aldehydes is 1. The number of esters is 4. The predicted molar refractivity (Wildman–Crippen MR) is 69.4 cm³/mol. The Kier molecular flexibility index (Phi) is 8.42. The normalized spacial score (nSPS) is 14.0. The van der Waals surface area contributed by atoms with E-state index in [2.05, 4.69) is 0 Å². The summed E-state index contributed by atoms with van der Waals surface area (Å²) in [5, 5.41) is 0. The van der Waals surface area contributed by atoms with Crippen LogP contribution < -0.4 is 0 Å². The summed E-state index contributed by atoms with van der Waals surface area (Å²) in [4.78, 5) is 55.2. The van der Waals surface area contributed by atoms with Crippen LogP contribution in [0.25, 0.3) is 0 Å². The van der Waals surface area contributed by atoms with Crippen molar-refractivity contribution >= 4 is 30.2 Å². The highest BCUT2D eigenvalue weighted by Gasteiger charge is 2.37. The molecule has 0 bridgehead atoms. The van der Waals surface area contributed by atoms with E-state index in [-0.39, 0.29) is 6.29 Å². The van der Waals surface area contributed by atoms with Gasteiger partial charge in [-0.15, -0.1) is 0 Å². The first kappa shape index (κ1) is 19.6. The molecule has 0 aliphatic carbocycles. The predicted octanol–water partition coefficient (Wildman–Crippen LogP) is -0.456. The molecule has 0 spiro atoms. The molecular weight excluding hydrogens is 300 g/mol. The Labute approximate surface area is 126 Å². The molecule has 0 unspecified atom stereocenters. The van der Waals surface area contributed by atoms with Crippen molar-refractivity contribution in [2.24, 2.45) is 0 Å². The molecule has 0 N–H and O–H groups in total. The van der Waals surface area contributed by atoms with Gasteiger partial charge in [-0.05, 0) is 0 Å². The van der Waals surface area contributed by atoms with Crippen molar-refractivity contribution < 1.29 is 42.9 Å². The van der Waals surface area contributed by atoms with Crippen LogP contribution in [0.15, 0.2) is 0 Å². The van der Waals surface area contributed by atoms with E-state index in [1.54, 1.807) is 0 Å². The average Bonchev–Trinajstić information content (AvgIpc) is 2.37. The number of carbonyl (C=O) groups is 5. The zero-order chi connectivity index (χ0) is 17.3. The van der Waals surface area contributed by atoms with E-state index in [0.717, 1.165) is 27.7 Å². The average molecular weight is 318 g/mol. The third-order valence-electron chi connectivity index (χ3n) is 2.20. The van der Waals surface area contributed by atoms with Gasteiger partial charge in [0.05, 0.1) is 0 Å². The van der Waals surface area contributed by atoms with E-state index >= 15 is 0 Å². The van der Waals surface area contributed by atoms with E-state index in [4.69, 9.17) is 18.9 Å². The Balaban J connectivity index is 5.35. The van der Waals surface area contributed by atoms with Crippen LogP contribution in [0.4, 0.5) is 0 Å². The first-order valence-electron chi connectivity index (χ1n) is 6.27. The topological polar surface area (TPSA) is 122 Å². The first-order valence-corrected chi connectivity index (χ1v) is 6.27.